The van der Waals surface area contributed by atoms with Gasteiger partial charge in [-0.15, -0.1) is 11.8 Å². The monoisotopic (exact) mass is 467 g/mol. The van der Waals surface area contributed by atoms with E-state index in [1.54, 1.807) is 11.8 Å². The highest BCUT2D eigenvalue weighted by Gasteiger charge is 2.43. The summed E-state index contributed by atoms with van der Waals surface area (Å²) in [5.41, 5.74) is 1.72. The highest BCUT2D eigenvalue weighted by molar-refractivity contribution is 7.98. The molecule has 1 heterocycles. The number of benzene rings is 2. The van der Waals surface area contributed by atoms with Gasteiger partial charge < -0.3 is 4.90 Å². The SMILES string of the molecule is CC.N#Cc1cc(SCc2ccccc2)ccc1SN1CCN(C(=O)C(F)(F)F)CC1. The van der Waals surface area contributed by atoms with Crippen molar-refractivity contribution in [3.63, 3.8) is 0 Å². The fraction of sp³-hybridized carbons (Fsp3) is 0.364. The van der Waals surface area contributed by atoms with Crippen LogP contribution >= 0.6 is 23.7 Å². The lowest BCUT2D eigenvalue weighted by atomic mass is 10.2. The van der Waals surface area contributed by atoms with E-state index >= 15 is 0 Å². The Morgan fingerprint density at radius 3 is 2.29 bits per heavy atom. The molecule has 0 radical (unpaired) electrons. The molecule has 1 saturated heterocycles. The van der Waals surface area contributed by atoms with Gasteiger partial charge in [-0.2, -0.15) is 18.4 Å². The molecule has 0 unspecified atom stereocenters. The summed E-state index contributed by atoms with van der Waals surface area (Å²) in [4.78, 5) is 13.9. The van der Waals surface area contributed by atoms with E-state index in [0.717, 1.165) is 20.4 Å². The number of hydrogen-bond acceptors (Lipinski definition) is 5. The molecule has 0 saturated carbocycles. The Kier molecular flexibility index (Phi) is 9.75. The lowest BCUT2D eigenvalue weighted by Crippen LogP contribution is -2.50. The number of amides is 1. The van der Waals surface area contributed by atoms with Crippen LogP contribution in [0.4, 0.5) is 13.2 Å². The summed E-state index contributed by atoms with van der Waals surface area (Å²) in [6, 6.07) is 17.9. The second kappa shape index (κ2) is 12.0. The number of alkyl halides is 3. The molecule has 166 valence electrons. The Labute approximate surface area is 189 Å². The van der Waals surface area contributed by atoms with Gasteiger partial charge in [-0.1, -0.05) is 44.2 Å². The van der Waals surface area contributed by atoms with Gasteiger partial charge in [0.2, 0.25) is 0 Å². The molecule has 0 spiro atoms. The van der Waals surface area contributed by atoms with E-state index in [2.05, 4.69) is 6.07 Å². The van der Waals surface area contributed by atoms with E-state index in [4.69, 9.17) is 0 Å². The fourth-order valence-corrected chi connectivity index (χ4v) is 4.65. The first kappa shape index (κ1) is 25.1. The van der Waals surface area contributed by atoms with Gasteiger partial charge in [0.25, 0.3) is 0 Å². The maximum absolute atomic E-state index is 12.5. The van der Waals surface area contributed by atoms with Gasteiger partial charge in [-0.05, 0) is 35.7 Å². The summed E-state index contributed by atoms with van der Waals surface area (Å²) in [5.74, 6) is -0.993. The number of nitriles is 1. The van der Waals surface area contributed by atoms with Crippen LogP contribution in [0.25, 0.3) is 0 Å². The minimum Gasteiger partial charge on any atom is -0.332 e. The quantitative estimate of drug-likeness (QED) is 0.424. The Morgan fingerprint density at radius 2 is 1.71 bits per heavy atom. The number of halogens is 3. The van der Waals surface area contributed by atoms with Crippen LogP contribution in [0.3, 0.4) is 0 Å². The number of hydrogen-bond donors (Lipinski definition) is 0. The summed E-state index contributed by atoms with van der Waals surface area (Å²) in [5, 5.41) is 9.49. The predicted octanol–water partition coefficient (Wildman–Crippen LogP) is 5.59. The second-order valence-corrected chi connectivity index (χ2v) is 8.54. The second-order valence-electron chi connectivity index (χ2n) is 6.35. The molecule has 4 nitrogen and oxygen atoms in total. The molecule has 3 rings (SSSR count). The van der Waals surface area contributed by atoms with Gasteiger partial charge in [0.1, 0.15) is 6.07 Å². The zero-order valence-electron chi connectivity index (χ0n) is 17.4. The Morgan fingerprint density at radius 1 is 1.06 bits per heavy atom. The minimum absolute atomic E-state index is 0.0121. The first-order valence-corrected chi connectivity index (χ1v) is 11.6. The van der Waals surface area contributed by atoms with Gasteiger partial charge >= 0.3 is 12.1 Å². The number of thioether (sulfide) groups is 1. The molecule has 31 heavy (non-hydrogen) atoms. The van der Waals surface area contributed by atoms with Gasteiger partial charge in [-0.3, -0.25) is 4.79 Å². The average Bonchev–Trinajstić information content (AvgIpc) is 2.80. The van der Waals surface area contributed by atoms with E-state index in [1.807, 2.05) is 66.7 Å². The molecular weight excluding hydrogens is 443 g/mol. The maximum atomic E-state index is 12.5. The van der Waals surface area contributed by atoms with Crippen molar-refractivity contribution in [2.24, 2.45) is 0 Å². The highest BCUT2D eigenvalue weighted by Crippen LogP contribution is 2.32. The predicted molar refractivity (Wildman–Crippen MR) is 119 cm³/mol. The number of piperazine rings is 1. The molecule has 1 fully saturated rings. The minimum atomic E-state index is -4.84. The van der Waals surface area contributed by atoms with Crippen molar-refractivity contribution in [3.8, 4) is 6.07 Å². The third-order valence-corrected chi connectivity index (χ3v) is 6.56. The first-order valence-electron chi connectivity index (χ1n) is 9.86. The van der Waals surface area contributed by atoms with Crippen LogP contribution < -0.4 is 0 Å². The Bertz CT molecular complexity index is 893. The molecule has 1 aliphatic rings. The zero-order valence-corrected chi connectivity index (χ0v) is 19.0. The van der Waals surface area contributed by atoms with Crippen molar-refractivity contribution in [3.05, 3.63) is 59.7 Å². The summed E-state index contributed by atoms with van der Waals surface area (Å²) in [7, 11) is 0. The molecular formula is C22H24F3N3OS2. The van der Waals surface area contributed by atoms with Crippen LogP contribution in [0.15, 0.2) is 58.3 Å². The summed E-state index contributed by atoms with van der Waals surface area (Å²) in [6.45, 7) is 4.64. The van der Waals surface area contributed by atoms with Gasteiger partial charge in [-0.25, -0.2) is 4.31 Å². The van der Waals surface area contributed by atoms with Crippen molar-refractivity contribution in [1.82, 2.24) is 9.21 Å². The van der Waals surface area contributed by atoms with E-state index in [-0.39, 0.29) is 13.1 Å². The van der Waals surface area contributed by atoms with E-state index in [9.17, 15) is 23.2 Å². The van der Waals surface area contributed by atoms with E-state index in [1.165, 1.54) is 17.5 Å². The third kappa shape index (κ3) is 7.49. The zero-order chi connectivity index (χ0) is 22.9. The average molecular weight is 468 g/mol. The summed E-state index contributed by atoms with van der Waals surface area (Å²) < 4.78 is 39.5. The molecule has 0 aliphatic carbocycles. The van der Waals surface area contributed by atoms with Crippen LogP contribution in [-0.4, -0.2) is 47.5 Å². The summed E-state index contributed by atoms with van der Waals surface area (Å²) in [6.07, 6.45) is -4.84. The molecule has 0 N–H and O–H groups in total. The molecule has 1 aliphatic heterocycles. The topological polar surface area (TPSA) is 47.3 Å². The van der Waals surface area contributed by atoms with E-state index < -0.39 is 12.1 Å². The molecule has 0 aromatic heterocycles. The van der Waals surface area contributed by atoms with Crippen LogP contribution in [0, 0.1) is 11.3 Å². The summed E-state index contributed by atoms with van der Waals surface area (Å²) >= 11 is 2.98. The molecule has 2 aromatic rings. The molecule has 2 aromatic carbocycles. The number of carbonyl (C=O) groups is 1. The normalized spacial score (nSPS) is 14.4. The standard InChI is InChI=1S/C20H18F3N3OS2.C2H6/c21-20(22,23)19(27)25-8-10-26(11-9-25)29-18-7-6-17(12-16(18)13-24)28-14-15-4-2-1-3-5-15;1-2/h1-7,12H,8-11,14H2;1-2H3. The Balaban J connectivity index is 0.00000166. The van der Waals surface area contributed by atoms with Crippen LogP contribution in [0.1, 0.15) is 25.0 Å². The fourth-order valence-electron chi connectivity index (χ4n) is 2.81. The van der Waals surface area contributed by atoms with Gasteiger partial charge in [0, 0.05) is 41.7 Å². The van der Waals surface area contributed by atoms with Crippen molar-refractivity contribution in [2.45, 2.75) is 35.6 Å². The van der Waals surface area contributed by atoms with Crippen molar-refractivity contribution in [1.29, 1.82) is 5.26 Å². The van der Waals surface area contributed by atoms with Gasteiger partial charge in [0.15, 0.2) is 0 Å². The third-order valence-electron chi connectivity index (χ3n) is 4.32. The lowest BCUT2D eigenvalue weighted by molar-refractivity contribution is -0.186. The maximum Gasteiger partial charge on any atom is 0.471 e. The molecule has 0 atom stereocenters. The van der Waals surface area contributed by atoms with Crippen molar-refractivity contribution in [2.75, 3.05) is 26.2 Å². The largest absolute Gasteiger partial charge is 0.471 e. The molecule has 9 heteroatoms. The number of carbonyl (C=O) groups excluding carboxylic acids is 1. The number of nitrogens with zero attached hydrogens (tertiary/aromatic N) is 3. The van der Waals surface area contributed by atoms with Crippen molar-refractivity contribution < 1.29 is 18.0 Å². The first-order chi connectivity index (χ1) is 14.9. The van der Waals surface area contributed by atoms with Crippen LogP contribution in [0.5, 0.6) is 0 Å². The number of rotatable bonds is 5. The molecule has 0 bridgehead atoms. The van der Waals surface area contributed by atoms with Crippen molar-refractivity contribution >= 4 is 29.6 Å². The van der Waals surface area contributed by atoms with Crippen LogP contribution in [0.2, 0.25) is 0 Å². The highest BCUT2D eigenvalue weighted by atomic mass is 32.2. The molecule has 1 amide bonds. The Hall–Kier alpha value is -2.15. The lowest BCUT2D eigenvalue weighted by Gasteiger charge is -2.34. The smallest absolute Gasteiger partial charge is 0.332 e. The van der Waals surface area contributed by atoms with Crippen LogP contribution in [-0.2, 0) is 10.5 Å². The van der Waals surface area contributed by atoms with Gasteiger partial charge in [0.05, 0.1) is 5.56 Å². The van der Waals surface area contributed by atoms with E-state index in [0.29, 0.717) is 18.7 Å².